The molecule has 1 aliphatic heterocycles. The van der Waals surface area contributed by atoms with Gasteiger partial charge in [-0.15, -0.1) is 0 Å². The lowest BCUT2D eigenvalue weighted by molar-refractivity contribution is -0.130. The average Bonchev–Trinajstić information content (AvgIpc) is 2.80. The third-order valence-corrected chi connectivity index (χ3v) is 3.34. The molecule has 116 valence electrons. The number of nitrogens with two attached hydrogens (primary N) is 1. The van der Waals surface area contributed by atoms with Gasteiger partial charge >= 0.3 is 6.09 Å². The summed E-state index contributed by atoms with van der Waals surface area (Å²) in [4.78, 5) is 27.3. The molecule has 2 N–H and O–H groups in total. The largest absolute Gasteiger partial charge is 0.444 e. The summed E-state index contributed by atoms with van der Waals surface area (Å²) in [7, 11) is 0. The zero-order chi connectivity index (χ0) is 15.3. The summed E-state index contributed by atoms with van der Waals surface area (Å²) in [5.74, 6) is -0.0484. The Kier molecular flexibility index (Phi) is 5.80. The normalized spacial score (nSPS) is 19.1. The van der Waals surface area contributed by atoms with Crippen molar-refractivity contribution in [2.24, 2.45) is 5.73 Å². The Bertz CT molecular complexity index is 352. The topological polar surface area (TPSA) is 75.9 Å². The highest BCUT2D eigenvalue weighted by molar-refractivity contribution is 5.78. The lowest BCUT2D eigenvalue weighted by atomic mass is 10.2. The summed E-state index contributed by atoms with van der Waals surface area (Å²) >= 11 is 0. The molecule has 0 bridgehead atoms. The van der Waals surface area contributed by atoms with Crippen LogP contribution in [0.1, 0.15) is 40.5 Å². The molecule has 6 heteroatoms. The number of likely N-dealkylation sites (N-methyl/N-ethyl adjacent to an activating group) is 1. The van der Waals surface area contributed by atoms with E-state index in [0.29, 0.717) is 13.1 Å². The van der Waals surface area contributed by atoms with Crippen LogP contribution in [-0.2, 0) is 9.53 Å². The maximum absolute atomic E-state index is 12.1. The van der Waals surface area contributed by atoms with Gasteiger partial charge in [0.15, 0.2) is 0 Å². The second-order valence-electron chi connectivity index (χ2n) is 6.11. The van der Waals surface area contributed by atoms with E-state index in [1.54, 1.807) is 9.80 Å². The SMILES string of the molecule is CCN(CC1CCCN1C(=O)CN)C(=O)OC(C)(C)C. The third-order valence-electron chi connectivity index (χ3n) is 3.34. The smallest absolute Gasteiger partial charge is 0.410 e. The van der Waals surface area contributed by atoms with Crippen molar-refractivity contribution >= 4 is 12.0 Å². The summed E-state index contributed by atoms with van der Waals surface area (Å²) in [6.07, 6.45) is 1.54. The summed E-state index contributed by atoms with van der Waals surface area (Å²) in [6, 6.07) is 0.0542. The molecule has 0 aliphatic carbocycles. The first-order chi connectivity index (χ1) is 9.28. The van der Waals surface area contributed by atoms with Gasteiger partial charge in [-0.1, -0.05) is 0 Å². The number of ether oxygens (including phenoxy) is 1. The molecular formula is C14H27N3O3. The van der Waals surface area contributed by atoms with Gasteiger partial charge in [0.05, 0.1) is 6.54 Å². The minimum atomic E-state index is -0.507. The Labute approximate surface area is 121 Å². The van der Waals surface area contributed by atoms with E-state index in [2.05, 4.69) is 0 Å². The second kappa shape index (κ2) is 6.92. The Morgan fingerprint density at radius 3 is 2.55 bits per heavy atom. The van der Waals surface area contributed by atoms with E-state index in [-0.39, 0.29) is 24.6 Å². The van der Waals surface area contributed by atoms with Gasteiger partial charge in [-0.05, 0) is 40.5 Å². The van der Waals surface area contributed by atoms with Gasteiger partial charge in [-0.3, -0.25) is 4.79 Å². The molecule has 0 saturated carbocycles. The first-order valence-corrected chi connectivity index (χ1v) is 7.26. The molecule has 0 radical (unpaired) electrons. The number of carbonyl (C=O) groups excluding carboxylic acids is 2. The minimum absolute atomic E-state index is 0.0229. The molecule has 20 heavy (non-hydrogen) atoms. The van der Waals surface area contributed by atoms with Gasteiger partial charge in [0.1, 0.15) is 5.60 Å². The zero-order valence-electron chi connectivity index (χ0n) is 13.0. The molecule has 1 unspecified atom stereocenters. The molecular weight excluding hydrogens is 258 g/mol. The molecule has 0 aromatic heterocycles. The molecule has 0 aromatic rings. The van der Waals surface area contributed by atoms with E-state index in [4.69, 9.17) is 10.5 Å². The fourth-order valence-corrected chi connectivity index (χ4v) is 2.38. The molecule has 0 spiro atoms. The molecule has 1 aliphatic rings. The highest BCUT2D eigenvalue weighted by Crippen LogP contribution is 2.19. The van der Waals surface area contributed by atoms with E-state index >= 15 is 0 Å². The van der Waals surface area contributed by atoms with E-state index < -0.39 is 5.60 Å². The number of amides is 2. The molecule has 1 heterocycles. The van der Waals surface area contributed by atoms with Crippen molar-refractivity contribution in [3.8, 4) is 0 Å². The minimum Gasteiger partial charge on any atom is -0.444 e. The zero-order valence-corrected chi connectivity index (χ0v) is 13.0. The van der Waals surface area contributed by atoms with E-state index in [1.807, 2.05) is 27.7 Å². The first kappa shape index (κ1) is 16.8. The van der Waals surface area contributed by atoms with Crippen LogP contribution in [0.4, 0.5) is 4.79 Å². The summed E-state index contributed by atoms with van der Waals surface area (Å²) in [5, 5.41) is 0. The van der Waals surface area contributed by atoms with Gasteiger partial charge < -0.3 is 20.3 Å². The Morgan fingerprint density at radius 2 is 2.05 bits per heavy atom. The van der Waals surface area contributed by atoms with E-state index in [9.17, 15) is 9.59 Å². The predicted molar refractivity (Wildman–Crippen MR) is 77.3 cm³/mol. The molecule has 1 saturated heterocycles. The number of carbonyl (C=O) groups is 2. The van der Waals surface area contributed by atoms with Crippen LogP contribution in [0.2, 0.25) is 0 Å². The predicted octanol–water partition coefficient (Wildman–Crippen LogP) is 1.19. The van der Waals surface area contributed by atoms with Crippen LogP contribution in [0.5, 0.6) is 0 Å². The quantitative estimate of drug-likeness (QED) is 0.842. The van der Waals surface area contributed by atoms with Crippen molar-refractivity contribution in [2.45, 2.75) is 52.2 Å². The van der Waals surface area contributed by atoms with E-state index in [0.717, 1.165) is 19.4 Å². The van der Waals surface area contributed by atoms with Crippen LogP contribution in [-0.4, -0.2) is 59.6 Å². The highest BCUT2D eigenvalue weighted by Gasteiger charge is 2.31. The first-order valence-electron chi connectivity index (χ1n) is 7.26. The molecule has 2 amide bonds. The summed E-state index contributed by atoms with van der Waals surface area (Å²) in [5.41, 5.74) is 4.92. The fraction of sp³-hybridized carbons (Fsp3) is 0.857. The van der Waals surface area contributed by atoms with Crippen LogP contribution in [0.25, 0.3) is 0 Å². The Morgan fingerprint density at radius 1 is 1.40 bits per heavy atom. The maximum Gasteiger partial charge on any atom is 0.410 e. The van der Waals surface area contributed by atoms with Crippen molar-refractivity contribution in [1.82, 2.24) is 9.80 Å². The molecule has 1 atom stereocenters. The number of nitrogens with zero attached hydrogens (tertiary/aromatic N) is 2. The monoisotopic (exact) mass is 285 g/mol. The maximum atomic E-state index is 12.1. The summed E-state index contributed by atoms with van der Waals surface area (Å²) < 4.78 is 5.38. The molecule has 0 aromatic carbocycles. The number of rotatable bonds is 4. The van der Waals surface area contributed by atoms with Crippen LogP contribution in [0.3, 0.4) is 0 Å². The van der Waals surface area contributed by atoms with Gasteiger partial charge in [0, 0.05) is 25.7 Å². The molecule has 6 nitrogen and oxygen atoms in total. The van der Waals surface area contributed by atoms with Crippen molar-refractivity contribution < 1.29 is 14.3 Å². The van der Waals surface area contributed by atoms with Gasteiger partial charge in [-0.2, -0.15) is 0 Å². The van der Waals surface area contributed by atoms with Gasteiger partial charge in [0.2, 0.25) is 5.91 Å². The molecule has 1 rings (SSSR count). The number of hydrogen-bond donors (Lipinski definition) is 1. The van der Waals surface area contributed by atoms with Gasteiger partial charge in [0.25, 0.3) is 0 Å². The van der Waals surface area contributed by atoms with Gasteiger partial charge in [-0.25, -0.2) is 4.79 Å². The average molecular weight is 285 g/mol. The third kappa shape index (κ3) is 4.67. The van der Waals surface area contributed by atoms with Crippen molar-refractivity contribution in [3.05, 3.63) is 0 Å². The number of likely N-dealkylation sites (tertiary alicyclic amines) is 1. The van der Waals surface area contributed by atoms with Crippen LogP contribution in [0.15, 0.2) is 0 Å². The lowest BCUT2D eigenvalue weighted by Crippen LogP contribution is -2.47. The van der Waals surface area contributed by atoms with Crippen molar-refractivity contribution in [3.63, 3.8) is 0 Å². The Hall–Kier alpha value is -1.30. The fourth-order valence-electron chi connectivity index (χ4n) is 2.38. The highest BCUT2D eigenvalue weighted by atomic mass is 16.6. The standard InChI is InChI=1S/C14H27N3O3/c1-5-16(13(19)20-14(2,3)4)10-11-7-6-8-17(11)12(18)9-15/h11H,5-10,15H2,1-4H3. The number of hydrogen-bond acceptors (Lipinski definition) is 4. The van der Waals surface area contributed by atoms with Crippen LogP contribution in [0, 0.1) is 0 Å². The molecule has 1 fully saturated rings. The van der Waals surface area contributed by atoms with Crippen LogP contribution >= 0.6 is 0 Å². The van der Waals surface area contributed by atoms with E-state index in [1.165, 1.54) is 0 Å². The Balaban J connectivity index is 2.63. The van der Waals surface area contributed by atoms with Crippen molar-refractivity contribution in [2.75, 3.05) is 26.2 Å². The van der Waals surface area contributed by atoms with Crippen molar-refractivity contribution in [1.29, 1.82) is 0 Å². The lowest BCUT2D eigenvalue weighted by Gasteiger charge is -2.31. The second-order valence-corrected chi connectivity index (χ2v) is 6.11. The summed E-state index contributed by atoms with van der Waals surface area (Å²) in [6.45, 7) is 9.28. The van der Waals surface area contributed by atoms with Crippen LogP contribution < -0.4 is 5.73 Å².